The predicted octanol–water partition coefficient (Wildman–Crippen LogP) is 1.94. The van der Waals surface area contributed by atoms with Gasteiger partial charge in [-0.3, -0.25) is 19.3 Å². The number of nitrogens with one attached hydrogen (secondary N) is 2. The van der Waals surface area contributed by atoms with Crippen molar-refractivity contribution >= 4 is 41.1 Å². The fourth-order valence-corrected chi connectivity index (χ4v) is 2.73. The van der Waals surface area contributed by atoms with E-state index in [9.17, 15) is 19.2 Å². The van der Waals surface area contributed by atoms with Gasteiger partial charge in [-0.2, -0.15) is 0 Å². The monoisotopic (exact) mass is 411 g/mol. The van der Waals surface area contributed by atoms with Gasteiger partial charge in [0.1, 0.15) is 17.8 Å². The molecule has 4 amide bonds. The van der Waals surface area contributed by atoms with Gasteiger partial charge in [0.2, 0.25) is 0 Å². The Kier molecular flexibility index (Phi) is 6.50. The third kappa shape index (κ3) is 4.53. The van der Waals surface area contributed by atoms with Crippen molar-refractivity contribution in [3.05, 3.63) is 23.2 Å². The number of imide groups is 1. The Hall–Kier alpha value is -2.81. The first-order valence-corrected chi connectivity index (χ1v) is 8.97. The molecule has 0 bridgehead atoms. The van der Waals surface area contributed by atoms with E-state index in [1.807, 2.05) is 0 Å². The molecule has 1 aromatic rings. The summed E-state index contributed by atoms with van der Waals surface area (Å²) in [5.74, 6) is -1.64. The second-order valence-electron chi connectivity index (χ2n) is 6.47. The lowest BCUT2D eigenvalue weighted by molar-refractivity contribution is -0.155. The number of nitrogens with zero attached hydrogens (tertiary/aromatic N) is 1. The van der Waals surface area contributed by atoms with E-state index in [4.69, 9.17) is 21.1 Å². The standard InChI is InChI=1S/C18H22ClN3O6/c1-5-18(3)16(25)22(17(26)21-18)9-14(23)28-10(2)15(24)20-12-8-11(19)6-7-13(12)27-4/h6-8,10H,5,9H2,1-4H3,(H,20,24)(H,21,26)/t10-,18-/m0/s1. The summed E-state index contributed by atoms with van der Waals surface area (Å²) in [6.45, 7) is 4.11. The highest BCUT2D eigenvalue weighted by Gasteiger charge is 2.47. The molecular weight excluding hydrogens is 390 g/mol. The van der Waals surface area contributed by atoms with Crippen molar-refractivity contribution in [3.63, 3.8) is 0 Å². The normalized spacial score (nSPS) is 19.8. The predicted molar refractivity (Wildman–Crippen MR) is 101 cm³/mol. The lowest BCUT2D eigenvalue weighted by Crippen LogP contribution is -2.44. The Balaban J connectivity index is 1.97. The van der Waals surface area contributed by atoms with Crippen LogP contribution in [0, 0.1) is 0 Å². The SMILES string of the molecule is CC[C@]1(C)NC(=O)N(CC(=O)O[C@@H](C)C(=O)Nc2cc(Cl)ccc2OC)C1=O. The van der Waals surface area contributed by atoms with Gasteiger partial charge in [0.05, 0.1) is 12.8 Å². The van der Waals surface area contributed by atoms with E-state index in [2.05, 4.69) is 10.6 Å². The van der Waals surface area contributed by atoms with Gasteiger partial charge >= 0.3 is 12.0 Å². The van der Waals surface area contributed by atoms with E-state index in [-0.39, 0.29) is 0 Å². The molecule has 1 aromatic carbocycles. The number of hydrogen-bond acceptors (Lipinski definition) is 6. The van der Waals surface area contributed by atoms with E-state index in [1.54, 1.807) is 26.0 Å². The fraction of sp³-hybridized carbons (Fsp3) is 0.444. The number of urea groups is 1. The fourth-order valence-electron chi connectivity index (χ4n) is 2.56. The third-order valence-electron chi connectivity index (χ3n) is 4.44. The van der Waals surface area contributed by atoms with Crippen LogP contribution in [-0.2, 0) is 19.1 Å². The number of hydrogen-bond donors (Lipinski definition) is 2. The molecule has 1 aliphatic rings. The molecule has 0 aromatic heterocycles. The van der Waals surface area contributed by atoms with Crippen LogP contribution >= 0.6 is 11.6 Å². The van der Waals surface area contributed by atoms with Crippen LogP contribution in [0.25, 0.3) is 0 Å². The first-order chi connectivity index (χ1) is 13.1. The molecule has 2 N–H and O–H groups in total. The minimum atomic E-state index is -1.17. The van der Waals surface area contributed by atoms with Gasteiger partial charge in [-0.15, -0.1) is 0 Å². The van der Waals surface area contributed by atoms with Crippen LogP contribution in [0.4, 0.5) is 10.5 Å². The Morgan fingerprint density at radius 2 is 2.04 bits per heavy atom. The van der Waals surface area contributed by atoms with Crippen molar-refractivity contribution < 1.29 is 28.7 Å². The van der Waals surface area contributed by atoms with Crippen molar-refractivity contribution in [3.8, 4) is 5.75 Å². The summed E-state index contributed by atoms with van der Waals surface area (Å²) < 4.78 is 10.2. The molecule has 1 heterocycles. The van der Waals surface area contributed by atoms with Crippen molar-refractivity contribution in [2.24, 2.45) is 0 Å². The molecule has 2 atom stereocenters. The summed E-state index contributed by atoms with van der Waals surface area (Å²) in [4.78, 5) is 49.4. The maximum absolute atomic E-state index is 12.3. The first kappa shape index (κ1) is 21.5. The minimum absolute atomic E-state index is 0.315. The summed E-state index contributed by atoms with van der Waals surface area (Å²) in [5, 5.41) is 5.48. The van der Waals surface area contributed by atoms with Crippen LogP contribution in [-0.4, -0.2) is 54.0 Å². The maximum Gasteiger partial charge on any atom is 0.327 e. The van der Waals surface area contributed by atoms with Gasteiger partial charge in [-0.1, -0.05) is 18.5 Å². The van der Waals surface area contributed by atoms with Crippen LogP contribution in [0.1, 0.15) is 27.2 Å². The number of ether oxygens (including phenoxy) is 2. The largest absolute Gasteiger partial charge is 0.495 e. The lowest BCUT2D eigenvalue weighted by Gasteiger charge is -2.19. The van der Waals surface area contributed by atoms with Crippen molar-refractivity contribution in [1.29, 1.82) is 0 Å². The molecule has 0 radical (unpaired) electrons. The molecule has 9 nitrogen and oxygen atoms in total. The van der Waals surface area contributed by atoms with Crippen LogP contribution < -0.4 is 15.4 Å². The van der Waals surface area contributed by atoms with Gasteiger partial charge < -0.3 is 20.1 Å². The highest BCUT2D eigenvalue weighted by Crippen LogP contribution is 2.28. The number of rotatable bonds is 7. The highest BCUT2D eigenvalue weighted by molar-refractivity contribution is 6.31. The van der Waals surface area contributed by atoms with Crippen molar-refractivity contribution in [2.45, 2.75) is 38.8 Å². The van der Waals surface area contributed by atoms with Crippen LogP contribution in [0.3, 0.4) is 0 Å². The smallest absolute Gasteiger partial charge is 0.327 e. The Bertz CT molecular complexity index is 815. The average molecular weight is 412 g/mol. The molecule has 10 heteroatoms. The van der Waals surface area contributed by atoms with Gasteiger partial charge in [0.15, 0.2) is 6.10 Å². The van der Waals surface area contributed by atoms with Gasteiger partial charge in [0, 0.05) is 5.02 Å². The Morgan fingerprint density at radius 3 is 2.61 bits per heavy atom. The van der Waals surface area contributed by atoms with E-state index < -0.39 is 42.0 Å². The van der Waals surface area contributed by atoms with Crippen LogP contribution in [0.5, 0.6) is 5.75 Å². The highest BCUT2D eigenvalue weighted by atomic mass is 35.5. The number of esters is 1. The van der Waals surface area contributed by atoms with E-state index in [0.717, 1.165) is 4.90 Å². The van der Waals surface area contributed by atoms with E-state index in [1.165, 1.54) is 20.1 Å². The summed E-state index contributed by atoms with van der Waals surface area (Å²) >= 11 is 5.91. The summed E-state index contributed by atoms with van der Waals surface area (Å²) in [6, 6.07) is 4.00. The zero-order valence-corrected chi connectivity index (χ0v) is 16.8. The summed E-state index contributed by atoms with van der Waals surface area (Å²) in [7, 11) is 1.44. The average Bonchev–Trinajstić information content (AvgIpc) is 2.85. The molecule has 1 saturated heterocycles. The molecule has 28 heavy (non-hydrogen) atoms. The van der Waals surface area contributed by atoms with Crippen LogP contribution in [0.2, 0.25) is 5.02 Å². The molecule has 2 rings (SSSR count). The molecule has 0 aliphatic carbocycles. The van der Waals surface area contributed by atoms with Crippen LogP contribution in [0.15, 0.2) is 18.2 Å². The Morgan fingerprint density at radius 1 is 1.36 bits per heavy atom. The summed E-state index contributed by atoms with van der Waals surface area (Å²) in [5.41, 5.74) is -0.737. The van der Waals surface area contributed by atoms with E-state index >= 15 is 0 Å². The number of halogens is 1. The third-order valence-corrected chi connectivity index (χ3v) is 4.67. The molecule has 1 fully saturated rings. The van der Waals surface area contributed by atoms with Gasteiger partial charge in [-0.25, -0.2) is 4.79 Å². The molecule has 0 spiro atoms. The van der Waals surface area contributed by atoms with Gasteiger partial charge in [-0.05, 0) is 38.5 Å². The molecule has 152 valence electrons. The summed E-state index contributed by atoms with van der Waals surface area (Å²) in [6.07, 6.45) is -0.793. The molecule has 1 aliphatic heterocycles. The molecule has 0 unspecified atom stereocenters. The first-order valence-electron chi connectivity index (χ1n) is 8.59. The van der Waals surface area contributed by atoms with Crippen molar-refractivity contribution in [2.75, 3.05) is 19.0 Å². The number of benzene rings is 1. The Labute approximate surface area is 167 Å². The number of carbonyl (C=O) groups excluding carboxylic acids is 4. The number of amides is 4. The minimum Gasteiger partial charge on any atom is -0.495 e. The second kappa shape index (κ2) is 8.47. The zero-order chi connectivity index (χ0) is 21.1. The number of carbonyl (C=O) groups is 4. The zero-order valence-electron chi connectivity index (χ0n) is 16.0. The molecule has 0 saturated carbocycles. The second-order valence-corrected chi connectivity index (χ2v) is 6.91. The van der Waals surface area contributed by atoms with Gasteiger partial charge in [0.25, 0.3) is 11.8 Å². The van der Waals surface area contributed by atoms with Crippen molar-refractivity contribution in [1.82, 2.24) is 10.2 Å². The lowest BCUT2D eigenvalue weighted by atomic mass is 9.99. The quantitative estimate of drug-likeness (QED) is 0.523. The molecular formula is C18H22ClN3O6. The number of anilines is 1. The topological polar surface area (TPSA) is 114 Å². The number of methoxy groups -OCH3 is 1. The maximum atomic E-state index is 12.3. The van der Waals surface area contributed by atoms with E-state index in [0.29, 0.717) is 22.9 Å².